The number of carbonyl (C=O) groups excluding carboxylic acids is 1. The number of anilines is 1. The van der Waals surface area contributed by atoms with E-state index in [0.29, 0.717) is 11.3 Å². The molecule has 5 heteroatoms. The van der Waals surface area contributed by atoms with Crippen LogP contribution >= 0.6 is 0 Å². The number of nitrogens with two attached hydrogens (primary N) is 1. The monoisotopic (exact) mass is 245 g/mol. The van der Waals surface area contributed by atoms with Gasteiger partial charge in [0.25, 0.3) is 0 Å². The molecule has 0 bridgehead atoms. The summed E-state index contributed by atoms with van der Waals surface area (Å²) in [6.07, 6.45) is 4.39. The highest BCUT2D eigenvalue weighted by molar-refractivity contribution is 5.95. The van der Waals surface area contributed by atoms with Gasteiger partial charge in [-0.15, -0.1) is 0 Å². The summed E-state index contributed by atoms with van der Waals surface area (Å²) in [6, 6.07) is 5.26. The predicted molar refractivity (Wildman–Crippen MR) is 68.7 cm³/mol. The van der Waals surface area contributed by atoms with Crippen LogP contribution in [0, 0.1) is 0 Å². The van der Waals surface area contributed by atoms with Crippen molar-refractivity contribution in [2.24, 2.45) is 0 Å². The van der Waals surface area contributed by atoms with Crippen molar-refractivity contribution >= 4 is 11.7 Å². The first-order valence-corrected chi connectivity index (χ1v) is 5.67. The fraction of sp³-hybridized carbons (Fsp3) is 0.231. The SMILES string of the molecule is CCc1nccn1-c1ccc(N)c(C(=O)OC)c1. The Balaban J connectivity index is 2.50. The lowest BCUT2D eigenvalue weighted by Gasteiger charge is -2.10. The van der Waals surface area contributed by atoms with Crippen molar-refractivity contribution in [2.45, 2.75) is 13.3 Å². The van der Waals surface area contributed by atoms with Crippen LogP contribution in [0.1, 0.15) is 23.1 Å². The number of rotatable bonds is 3. The van der Waals surface area contributed by atoms with E-state index in [9.17, 15) is 4.79 Å². The van der Waals surface area contributed by atoms with E-state index in [-0.39, 0.29) is 0 Å². The predicted octanol–water partition coefficient (Wildman–Crippen LogP) is 1.80. The van der Waals surface area contributed by atoms with Crippen LogP contribution in [0.25, 0.3) is 5.69 Å². The largest absolute Gasteiger partial charge is 0.465 e. The number of esters is 1. The van der Waals surface area contributed by atoms with Gasteiger partial charge in [0.2, 0.25) is 0 Å². The molecule has 0 atom stereocenters. The minimum absolute atomic E-state index is 0.366. The van der Waals surface area contributed by atoms with Crippen LogP contribution in [0.4, 0.5) is 5.69 Å². The van der Waals surface area contributed by atoms with Gasteiger partial charge in [-0.1, -0.05) is 6.92 Å². The first-order valence-electron chi connectivity index (χ1n) is 5.67. The summed E-state index contributed by atoms with van der Waals surface area (Å²) in [5.41, 5.74) is 7.38. The minimum atomic E-state index is -0.437. The maximum Gasteiger partial charge on any atom is 0.340 e. The summed E-state index contributed by atoms with van der Waals surface area (Å²) in [5, 5.41) is 0. The van der Waals surface area contributed by atoms with E-state index >= 15 is 0 Å². The summed E-state index contributed by atoms with van der Waals surface area (Å²) >= 11 is 0. The van der Waals surface area contributed by atoms with E-state index < -0.39 is 5.97 Å². The Morgan fingerprint density at radius 3 is 2.94 bits per heavy atom. The van der Waals surface area contributed by atoms with E-state index in [0.717, 1.165) is 17.9 Å². The van der Waals surface area contributed by atoms with Crippen LogP contribution in [-0.2, 0) is 11.2 Å². The topological polar surface area (TPSA) is 70.1 Å². The van der Waals surface area contributed by atoms with Gasteiger partial charge in [0, 0.05) is 30.2 Å². The van der Waals surface area contributed by atoms with Gasteiger partial charge < -0.3 is 15.0 Å². The lowest BCUT2D eigenvalue weighted by Crippen LogP contribution is -2.07. The van der Waals surface area contributed by atoms with Gasteiger partial charge in [0.15, 0.2) is 0 Å². The normalized spacial score (nSPS) is 10.3. The Bertz CT molecular complexity index is 575. The molecule has 2 rings (SSSR count). The number of nitrogen functional groups attached to an aromatic ring is 1. The molecule has 1 aromatic heterocycles. The van der Waals surface area contributed by atoms with E-state index in [2.05, 4.69) is 4.98 Å². The van der Waals surface area contributed by atoms with Crippen LogP contribution in [0.5, 0.6) is 0 Å². The molecule has 2 aromatic rings. The van der Waals surface area contributed by atoms with Crippen LogP contribution in [0.15, 0.2) is 30.6 Å². The molecule has 1 aromatic carbocycles. The quantitative estimate of drug-likeness (QED) is 0.661. The zero-order valence-electron chi connectivity index (χ0n) is 10.4. The Morgan fingerprint density at radius 2 is 2.28 bits per heavy atom. The van der Waals surface area contributed by atoms with Gasteiger partial charge in [-0.2, -0.15) is 0 Å². The highest BCUT2D eigenvalue weighted by atomic mass is 16.5. The first kappa shape index (κ1) is 12.2. The zero-order valence-corrected chi connectivity index (χ0v) is 10.4. The average Bonchev–Trinajstić information content (AvgIpc) is 2.86. The number of nitrogens with zero attached hydrogens (tertiary/aromatic N) is 2. The first-order chi connectivity index (χ1) is 8.67. The number of carbonyl (C=O) groups is 1. The number of hydrogen-bond acceptors (Lipinski definition) is 4. The third kappa shape index (κ3) is 2.07. The summed E-state index contributed by atoms with van der Waals surface area (Å²) in [6.45, 7) is 2.03. The smallest absolute Gasteiger partial charge is 0.340 e. The lowest BCUT2D eigenvalue weighted by molar-refractivity contribution is 0.0602. The third-order valence-corrected chi connectivity index (χ3v) is 2.75. The molecular weight excluding hydrogens is 230 g/mol. The molecule has 0 aliphatic carbocycles. The number of benzene rings is 1. The molecule has 94 valence electrons. The highest BCUT2D eigenvalue weighted by Crippen LogP contribution is 2.19. The Kier molecular flexibility index (Phi) is 3.32. The molecule has 0 fully saturated rings. The zero-order chi connectivity index (χ0) is 13.1. The summed E-state index contributed by atoms with van der Waals surface area (Å²) in [4.78, 5) is 15.8. The van der Waals surface area contributed by atoms with Gasteiger partial charge in [0.05, 0.1) is 12.7 Å². The van der Waals surface area contributed by atoms with Crippen molar-refractivity contribution in [3.05, 3.63) is 42.0 Å². The fourth-order valence-electron chi connectivity index (χ4n) is 1.81. The number of ether oxygens (including phenoxy) is 1. The van der Waals surface area contributed by atoms with Crippen molar-refractivity contribution in [2.75, 3.05) is 12.8 Å². The Hall–Kier alpha value is -2.30. The molecular formula is C13H15N3O2. The molecule has 0 spiro atoms. The van der Waals surface area contributed by atoms with E-state index in [1.807, 2.05) is 23.8 Å². The van der Waals surface area contributed by atoms with E-state index in [1.165, 1.54) is 7.11 Å². The second kappa shape index (κ2) is 4.91. The second-order valence-electron chi connectivity index (χ2n) is 3.83. The van der Waals surface area contributed by atoms with Crippen LogP contribution in [0.3, 0.4) is 0 Å². The second-order valence-corrected chi connectivity index (χ2v) is 3.83. The van der Waals surface area contributed by atoms with Gasteiger partial charge in [-0.25, -0.2) is 9.78 Å². The molecule has 0 unspecified atom stereocenters. The van der Waals surface area contributed by atoms with E-state index in [4.69, 9.17) is 10.5 Å². The lowest BCUT2D eigenvalue weighted by atomic mass is 10.1. The molecule has 2 N–H and O–H groups in total. The summed E-state index contributed by atoms with van der Waals surface area (Å²) in [7, 11) is 1.34. The van der Waals surface area contributed by atoms with Crippen molar-refractivity contribution in [3.8, 4) is 5.69 Å². The average molecular weight is 245 g/mol. The van der Waals surface area contributed by atoms with Crippen molar-refractivity contribution in [1.82, 2.24) is 9.55 Å². The highest BCUT2D eigenvalue weighted by Gasteiger charge is 2.12. The number of aromatic nitrogens is 2. The number of aryl methyl sites for hydroxylation is 1. The van der Waals surface area contributed by atoms with Gasteiger partial charge in [-0.3, -0.25) is 0 Å². The van der Waals surface area contributed by atoms with Crippen LogP contribution in [0.2, 0.25) is 0 Å². The van der Waals surface area contributed by atoms with Crippen molar-refractivity contribution in [1.29, 1.82) is 0 Å². The Morgan fingerprint density at radius 1 is 1.50 bits per heavy atom. The Labute approximate surface area is 105 Å². The molecule has 0 saturated carbocycles. The number of hydrogen-bond donors (Lipinski definition) is 1. The maximum absolute atomic E-state index is 11.6. The molecule has 18 heavy (non-hydrogen) atoms. The van der Waals surface area contributed by atoms with E-state index in [1.54, 1.807) is 18.3 Å². The fourth-order valence-corrected chi connectivity index (χ4v) is 1.81. The van der Waals surface area contributed by atoms with Gasteiger partial charge >= 0.3 is 5.97 Å². The molecule has 5 nitrogen and oxygen atoms in total. The van der Waals surface area contributed by atoms with Gasteiger partial charge in [0.1, 0.15) is 5.82 Å². The third-order valence-electron chi connectivity index (χ3n) is 2.75. The molecule has 0 saturated heterocycles. The number of methoxy groups -OCH3 is 1. The van der Waals surface area contributed by atoms with Crippen LogP contribution < -0.4 is 5.73 Å². The van der Waals surface area contributed by atoms with Crippen molar-refractivity contribution in [3.63, 3.8) is 0 Å². The molecule has 0 aliphatic heterocycles. The molecule has 0 amide bonds. The molecule has 0 aliphatic rings. The summed E-state index contributed by atoms with van der Waals surface area (Å²) in [5.74, 6) is 0.489. The molecule has 1 heterocycles. The van der Waals surface area contributed by atoms with Crippen molar-refractivity contribution < 1.29 is 9.53 Å². The minimum Gasteiger partial charge on any atom is -0.465 e. The van der Waals surface area contributed by atoms with Gasteiger partial charge in [-0.05, 0) is 18.2 Å². The maximum atomic E-state index is 11.6. The van der Waals surface area contributed by atoms with Crippen LogP contribution in [-0.4, -0.2) is 22.6 Å². The molecule has 0 radical (unpaired) electrons. The standard InChI is InChI=1S/C13H15N3O2/c1-3-12-15-6-7-16(12)9-4-5-11(14)10(8-9)13(17)18-2/h4-8H,3,14H2,1-2H3. The summed E-state index contributed by atoms with van der Waals surface area (Å²) < 4.78 is 6.62. The number of imidazole rings is 1.